The molecule has 0 fully saturated rings. The number of aromatic hydroxyl groups is 1. The van der Waals surface area contributed by atoms with Crippen molar-refractivity contribution in [2.75, 3.05) is 0 Å². The molecule has 0 bridgehead atoms. The van der Waals surface area contributed by atoms with Crippen molar-refractivity contribution in [3.8, 4) is 5.88 Å². The summed E-state index contributed by atoms with van der Waals surface area (Å²) in [4.78, 5) is 19.9. The van der Waals surface area contributed by atoms with Gasteiger partial charge in [-0.15, -0.1) is 0 Å². The topological polar surface area (TPSA) is 80.6 Å². The van der Waals surface area contributed by atoms with Crippen molar-refractivity contribution < 1.29 is 9.52 Å². The number of hydrogen-bond donors (Lipinski definition) is 1. The molecule has 0 unspecified atom stereocenters. The molecule has 1 aliphatic heterocycles. The summed E-state index contributed by atoms with van der Waals surface area (Å²) in [6, 6.07) is 3.64. The van der Waals surface area contributed by atoms with Crippen LogP contribution in [0.1, 0.15) is 18.4 Å². The van der Waals surface area contributed by atoms with Gasteiger partial charge in [0, 0.05) is 24.5 Å². The number of fused-ring (bicyclic) bond motifs is 1. The number of nitrogens with zero attached hydrogens (tertiary/aromatic N) is 3. The van der Waals surface area contributed by atoms with Crippen LogP contribution in [-0.2, 0) is 6.54 Å². The van der Waals surface area contributed by atoms with E-state index in [9.17, 15) is 9.90 Å². The van der Waals surface area contributed by atoms with Crippen molar-refractivity contribution in [1.82, 2.24) is 9.55 Å². The molecule has 3 rings (SSSR count). The van der Waals surface area contributed by atoms with Crippen LogP contribution in [-0.4, -0.2) is 20.9 Å². The van der Waals surface area contributed by atoms with Gasteiger partial charge in [0.05, 0.1) is 11.4 Å². The highest BCUT2D eigenvalue weighted by Crippen LogP contribution is 2.31. The molecule has 6 heteroatoms. The Balaban J connectivity index is 2.10. The third-order valence-electron chi connectivity index (χ3n) is 2.90. The van der Waals surface area contributed by atoms with E-state index in [0.717, 1.165) is 10.3 Å². The highest BCUT2D eigenvalue weighted by atomic mass is 16.4. The van der Waals surface area contributed by atoms with E-state index in [1.807, 2.05) is 6.07 Å². The molecule has 2 aromatic rings. The zero-order chi connectivity index (χ0) is 13.4. The van der Waals surface area contributed by atoms with Crippen LogP contribution < -0.4 is 5.76 Å². The molecule has 0 atom stereocenters. The van der Waals surface area contributed by atoms with Gasteiger partial charge in [0.25, 0.3) is 0 Å². The average Bonchev–Trinajstić information content (AvgIpc) is 2.93. The Morgan fingerprint density at radius 1 is 1.53 bits per heavy atom. The van der Waals surface area contributed by atoms with Crippen LogP contribution in [0.15, 0.2) is 32.5 Å². The highest BCUT2D eigenvalue weighted by molar-refractivity contribution is 6.20. The standard InChI is InChI=1S/C13H11N3O3/c1-2-16-12(17)10(19-13(16)18)6-8-7-15-9-4-3-5-14-11(8)9/h3-7,17H,2H2,1H3/b8-6+. The molecule has 3 heterocycles. The summed E-state index contributed by atoms with van der Waals surface area (Å²) < 4.78 is 6.16. The lowest BCUT2D eigenvalue weighted by molar-refractivity contribution is 0.417. The van der Waals surface area contributed by atoms with Crippen LogP contribution >= 0.6 is 0 Å². The Labute approximate surface area is 108 Å². The molecule has 19 heavy (non-hydrogen) atoms. The number of hydrogen-bond acceptors (Lipinski definition) is 5. The summed E-state index contributed by atoms with van der Waals surface area (Å²) in [7, 11) is 0. The van der Waals surface area contributed by atoms with Crippen LogP contribution in [0.4, 0.5) is 5.69 Å². The van der Waals surface area contributed by atoms with Gasteiger partial charge in [-0.3, -0.25) is 9.98 Å². The van der Waals surface area contributed by atoms with E-state index >= 15 is 0 Å². The quantitative estimate of drug-likeness (QED) is 0.889. The van der Waals surface area contributed by atoms with Crippen molar-refractivity contribution in [1.29, 1.82) is 0 Å². The van der Waals surface area contributed by atoms with Gasteiger partial charge in [-0.05, 0) is 25.1 Å². The Kier molecular flexibility index (Phi) is 2.56. The molecule has 96 valence electrons. The Morgan fingerprint density at radius 3 is 3.11 bits per heavy atom. The second-order valence-corrected chi connectivity index (χ2v) is 4.03. The van der Waals surface area contributed by atoms with Gasteiger partial charge in [-0.2, -0.15) is 0 Å². The largest absolute Gasteiger partial charge is 0.492 e. The maximum Gasteiger partial charge on any atom is 0.422 e. The number of allylic oxidation sites excluding steroid dienone is 1. The van der Waals surface area contributed by atoms with Gasteiger partial charge >= 0.3 is 5.76 Å². The SMILES string of the molecule is CCn1c(O)c(/C=C2\C=Nc3cccnc32)oc1=O. The van der Waals surface area contributed by atoms with Gasteiger partial charge < -0.3 is 9.52 Å². The molecule has 0 aromatic carbocycles. The maximum absolute atomic E-state index is 11.5. The van der Waals surface area contributed by atoms with Crippen LogP contribution in [0.3, 0.4) is 0 Å². The minimum Gasteiger partial charge on any atom is -0.492 e. The van der Waals surface area contributed by atoms with Crippen molar-refractivity contribution >= 4 is 23.6 Å². The van der Waals surface area contributed by atoms with E-state index in [1.54, 1.807) is 31.5 Å². The number of aliphatic imine (C=N–C) groups is 1. The summed E-state index contributed by atoms with van der Waals surface area (Å²) in [5.41, 5.74) is 2.15. The fourth-order valence-corrected chi connectivity index (χ4v) is 1.96. The fraction of sp³-hybridized carbons (Fsp3) is 0.154. The minimum absolute atomic E-state index is 0.117. The summed E-state index contributed by atoms with van der Waals surface area (Å²) in [6.45, 7) is 2.10. The number of rotatable bonds is 2. The number of oxazole rings is 1. The zero-order valence-electron chi connectivity index (χ0n) is 10.2. The predicted octanol–water partition coefficient (Wildman–Crippen LogP) is 1.82. The lowest BCUT2D eigenvalue weighted by atomic mass is 10.1. The normalized spacial score (nSPS) is 15.1. The van der Waals surface area contributed by atoms with Crippen molar-refractivity contribution in [2.24, 2.45) is 4.99 Å². The average molecular weight is 257 g/mol. The zero-order valence-corrected chi connectivity index (χ0v) is 10.2. The first kappa shape index (κ1) is 11.5. The third-order valence-corrected chi connectivity index (χ3v) is 2.90. The molecule has 1 N–H and O–H groups in total. The molecule has 0 aliphatic carbocycles. The van der Waals surface area contributed by atoms with E-state index in [0.29, 0.717) is 17.8 Å². The highest BCUT2D eigenvalue weighted by Gasteiger charge is 2.17. The fourth-order valence-electron chi connectivity index (χ4n) is 1.96. The van der Waals surface area contributed by atoms with Crippen molar-refractivity contribution in [2.45, 2.75) is 13.5 Å². The van der Waals surface area contributed by atoms with E-state index in [4.69, 9.17) is 4.42 Å². The van der Waals surface area contributed by atoms with Gasteiger partial charge in [-0.1, -0.05) is 0 Å². The Hall–Kier alpha value is -2.63. The number of pyridine rings is 1. The molecule has 0 spiro atoms. The Morgan fingerprint density at radius 2 is 2.37 bits per heavy atom. The van der Waals surface area contributed by atoms with Crippen LogP contribution in [0.25, 0.3) is 11.6 Å². The molecule has 0 saturated heterocycles. The van der Waals surface area contributed by atoms with Crippen LogP contribution in [0, 0.1) is 0 Å². The third kappa shape index (κ3) is 1.77. The van der Waals surface area contributed by atoms with Crippen LogP contribution in [0.2, 0.25) is 0 Å². The van der Waals surface area contributed by atoms with Gasteiger partial charge in [0.1, 0.15) is 0 Å². The minimum atomic E-state index is -0.581. The van der Waals surface area contributed by atoms with Crippen molar-refractivity contribution in [3.63, 3.8) is 0 Å². The lowest BCUT2D eigenvalue weighted by Crippen LogP contribution is -2.11. The van der Waals surface area contributed by atoms with Gasteiger partial charge in [-0.25, -0.2) is 9.36 Å². The summed E-state index contributed by atoms with van der Waals surface area (Å²) in [5.74, 6) is -0.646. The first-order valence-electron chi connectivity index (χ1n) is 5.84. The van der Waals surface area contributed by atoms with E-state index in [2.05, 4.69) is 9.98 Å². The monoisotopic (exact) mass is 257 g/mol. The van der Waals surface area contributed by atoms with E-state index < -0.39 is 5.76 Å². The second-order valence-electron chi connectivity index (χ2n) is 4.03. The van der Waals surface area contributed by atoms with Crippen molar-refractivity contribution in [3.05, 3.63) is 40.3 Å². The number of aromatic nitrogens is 2. The summed E-state index contributed by atoms with van der Waals surface area (Å²) in [5, 5.41) is 9.88. The lowest BCUT2D eigenvalue weighted by Gasteiger charge is -1.97. The smallest absolute Gasteiger partial charge is 0.422 e. The van der Waals surface area contributed by atoms with Crippen LogP contribution in [0.5, 0.6) is 5.88 Å². The molecule has 6 nitrogen and oxygen atoms in total. The molecular formula is C13H11N3O3. The second kappa shape index (κ2) is 4.24. The molecule has 1 aliphatic rings. The summed E-state index contributed by atoms with van der Waals surface area (Å²) >= 11 is 0. The molecule has 0 radical (unpaired) electrons. The summed E-state index contributed by atoms with van der Waals surface area (Å²) in [6.07, 6.45) is 4.85. The van der Waals surface area contributed by atoms with Gasteiger partial charge in [0.2, 0.25) is 5.88 Å². The maximum atomic E-state index is 11.5. The molecule has 2 aromatic heterocycles. The van der Waals surface area contributed by atoms with Gasteiger partial charge in [0.15, 0.2) is 5.76 Å². The van der Waals surface area contributed by atoms with E-state index in [-0.39, 0.29) is 11.6 Å². The first-order valence-corrected chi connectivity index (χ1v) is 5.84. The van der Waals surface area contributed by atoms with E-state index in [1.165, 1.54) is 0 Å². The molecular weight excluding hydrogens is 246 g/mol. The first-order chi connectivity index (χ1) is 9.20. The Bertz CT molecular complexity index is 753. The molecule has 0 amide bonds. The predicted molar refractivity (Wildman–Crippen MR) is 70.6 cm³/mol. The molecule has 0 saturated carbocycles.